The van der Waals surface area contributed by atoms with Crippen LogP contribution in [0, 0.1) is 10.1 Å². The number of nitrogens with zero attached hydrogens (tertiary/aromatic N) is 4. The van der Waals surface area contributed by atoms with Gasteiger partial charge < -0.3 is 10.2 Å². The number of anilines is 2. The number of benzene rings is 2. The van der Waals surface area contributed by atoms with Gasteiger partial charge in [-0.25, -0.2) is 0 Å². The first-order valence-corrected chi connectivity index (χ1v) is 8.75. The Morgan fingerprint density at radius 3 is 2.33 bits per heavy atom. The second kappa shape index (κ2) is 9.09. The van der Waals surface area contributed by atoms with E-state index in [2.05, 4.69) is 20.4 Å². The Bertz CT molecular complexity index is 881. The smallest absolute Gasteiger partial charge is 0.271 e. The Hall–Kier alpha value is -3.00. The first-order valence-electron chi connectivity index (χ1n) is 8.38. The van der Waals surface area contributed by atoms with Gasteiger partial charge in [0.25, 0.3) is 5.69 Å². The lowest BCUT2D eigenvalue weighted by molar-refractivity contribution is -0.384. The standard InChI is InChI=1S/C18H20ClN5O3/c1-4-23(5-2)13-6-9-17(18(11-13)20-12(3)25)22-21-16-8-7-14(24(26)27)10-15(16)19/h6-11H,4-5H2,1-3H3,(H,20,25). The Morgan fingerprint density at radius 2 is 1.78 bits per heavy atom. The third-order valence-electron chi connectivity index (χ3n) is 3.83. The maximum atomic E-state index is 11.5. The van der Waals surface area contributed by atoms with Crippen molar-refractivity contribution in [1.82, 2.24) is 0 Å². The molecule has 0 saturated carbocycles. The lowest BCUT2D eigenvalue weighted by Gasteiger charge is -2.22. The van der Waals surface area contributed by atoms with Crippen LogP contribution in [0.4, 0.5) is 28.4 Å². The van der Waals surface area contributed by atoms with E-state index in [0.29, 0.717) is 17.1 Å². The molecule has 0 atom stereocenters. The van der Waals surface area contributed by atoms with Gasteiger partial charge in [0.05, 0.1) is 15.6 Å². The Kier molecular flexibility index (Phi) is 6.84. The van der Waals surface area contributed by atoms with E-state index in [-0.39, 0.29) is 16.6 Å². The monoisotopic (exact) mass is 389 g/mol. The summed E-state index contributed by atoms with van der Waals surface area (Å²) in [6.45, 7) is 7.17. The SMILES string of the molecule is CCN(CC)c1ccc(N=Nc2ccc([N+](=O)[O-])cc2Cl)c(NC(C)=O)c1. The Labute approximate surface area is 162 Å². The van der Waals surface area contributed by atoms with E-state index >= 15 is 0 Å². The summed E-state index contributed by atoms with van der Waals surface area (Å²) in [5.74, 6) is -0.225. The fraction of sp³-hybridized carbons (Fsp3) is 0.278. The lowest BCUT2D eigenvalue weighted by Crippen LogP contribution is -2.21. The first-order chi connectivity index (χ1) is 12.8. The van der Waals surface area contributed by atoms with Crippen LogP contribution in [0.5, 0.6) is 0 Å². The van der Waals surface area contributed by atoms with Crippen LogP contribution in [0.1, 0.15) is 20.8 Å². The molecule has 0 aliphatic carbocycles. The van der Waals surface area contributed by atoms with Crippen LogP contribution in [0.2, 0.25) is 5.02 Å². The molecule has 0 heterocycles. The number of nitro benzene ring substituents is 1. The van der Waals surface area contributed by atoms with E-state index in [0.717, 1.165) is 18.8 Å². The maximum absolute atomic E-state index is 11.5. The molecule has 0 unspecified atom stereocenters. The molecule has 0 spiro atoms. The van der Waals surface area contributed by atoms with Crippen molar-refractivity contribution in [1.29, 1.82) is 0 Å². The molecule has 2 aromatic rings. The van der Waals surface area contributed by atoms with Crippen molar-refractivity contribution in [3.8, 4) is 0 Å². The molecule has 0 bridgehead atoms. The Morgan fingerprint density at radius 1 is 1.15 bits per heavy atom. The minimum atomic E-state index is -0.534. The van der Waals surface area contributed by atoms with Crippen molar-refractivity contribution in [2.24, 2.45) is 10.2 Å². The number of amides is 1. The summed E-state index contributed by atoms with van der Waals surface area (Å²) >= 11 is 6.03. The average molecular weight is 390 g/mol. The van der Waals surface area contributed by atoms with Crippen LogP contribution in [0.15, 0.2) is 46.6 Å². The minimum Gasteiger partial charge on any atom is -0.372 e. The topological polar surface area (TPSA) is 100 Å². The average Bonchev–Trinajstić information content (AvgIpc) is 2.62. The van der Waals surface area contributed by atoms with Gasteiger partial charge in [0.2, 0.25) is 5.91 Å². The number of nitro groups is 1. The number of halogens is 1. The second-order valence-electron chi connectivity index (χ2n) is 5.65. The van der Waals surface area contributed by atoms with Gasteiger partial charge in [-0.15, -0.1) is 10.2 Å². The predicted molar refractivity (Wildman–Crippen MR) is 107 cm³/mol. The first kappa shape index (κ1) is 20.3. The molecule has 142 valence electrons. The molecule has 0 aromatic heterocycles. The van der Waals surface area contributed by atoms with Gasteiger partial charge in [0, 0.05) is 37.8 Å². The molecule has 0 aliphatic rings. The third-order valence-corrected chi connectivity index (χ3v) is 4.13. The molecule has 0 aliphatic heterocycles. The third kappa shape index (κ3) is 5.24. The second-order valence-corrected chi connectivity index (χ2v) is 6.05. The molecule has 0 saturated heterocycles. The zero-order valence-corrected chi connectivity index (χ0v) is 16.0. The van der Waals surface area contributed by atoms with Crippen LogP contribution in [0.25, 0.3) is 0 Å². The van der Waals surface area contributed by atoms with E-state index in [1.54, 1.807) is 6.07 Å². The number of non-ortho nitro benzene ring substituents is 1. The Balaban J connectivity index is 2.38. The lowest BCUT2D eigenvalue weighted by atomic mass is 10.2. The van der Waals surface area contributed by atoms with E-state index in [1.165, 1.54) is 25.1 Å². The molecule has 8 nitrogen and oxygen atoms in total. The van der Waals surface area contributed by atoms with Crippen molar-refractivity contribution in [2.45, 2.75) is 20.8 Å². The van der Waals surface area contributed by atoms with Crippen LogP contribution in [-0.4, -0.2) is 23.9 Å². The normalized spacial score (nSPS) is 10.8. The highest BCUT2D eigenvalue weighted by Gasteiger charge is 2.11. The number of nitrogens with one attached hydrogen (secondary N) is 1. The summed E-state index contributed by atoms with van der Waals surface area (Å²) < 4.78 is 0. The van der Waals surface area contributed by atoms with Gasteiger partial charge in [0.1, 0.15) is 11.4 Å². The number of hydrogen-bond acceptors (Lipinski definition) is 6. The van der Waals surface area contributed by atoms with Gasteiger partial charge >= 0.3 is 0 Å². The summed E-state index contributed by atoms with van der Waals surface area (Å²) in [6.07, 6.45) is 0. The number of carbonyl (C=O) groups is 1. The summed E-state index contributed by atoms with van der Waals surface area (Å²) in [4.78, 5) is 23.9. The molecule has 2 aromatic carbocycles. The fourth-order valence-electron chi connectivity index (χ4n) is 2.48. The zero-order valence-electron chi connectivity index (χ0n) is 15.3. The number of carbonyl (C=O) groups excluding carboxylic acids is 1. The fourth-order valence-corrected chi connectivity index (χ4v) is 2.70. The van der Waals surface area contributed by atoms with Crippen LogP contribution < -0.4 is 10.2 Å². The summed E-state index contributed by atoms with van der Waals surface area (Å²) in [5.41, 5.74) is 2.10. The van der Waals surface area contributed by atoms with E-state index in [4.69, 9.17) is 11.6 Å². The highest BCUT2D eigenvalue weighted by atomic mass is 35.5. The molecule has 1 amide bonds. The molecule has 1 N–H and O–H groups in total. The summed E-state index contributed by atoms with van der Waals surface area (Å²) in [5, 5.41) is 21.9. The van der Waals surface area contributed by atoms with Crippen molar-refractivity contribution < 1.29 is 9.72 Å². The molecule has 27 heavy (non-hydrogen) atoms. The van der Waals surface area contributed by atoms with Crippen molar-refractivity contribution >= 4 is 45.9 Å². The molecule has 0 fully saturated rings. The quantitative estimate of drug-likeness (QED) is 0.385. The molecule has 9 heteroatoms. The van der Waals surface area contributed by atoms with E-state index in [9.17, 15) is 14.9 Å². The van der Waals surface area contributed by atoms with E-state index < -0.39 is 4.92 Å². The largest absolute Gasteiger partial charge is 0.372 e. The molecular formula is C18H20ClN5O3. The zero-order chi connectivity index (χ0) is 20.0. The van der Waals surface area contributed by atoms with Crippen LogP contribution >= 0.6 is 11.6 Å². The van der Waals surface area contributed by atoms with Crippen molar-refractivity contribution in [3.05, 3.63) is 51.5 Å². The molecular weight excluding hydrogens is 370 g/mol. The van der Waals surface area contributed by atoms with Gasteiger partial charge in [0.15, 0.2) is 0 Å². The van der Waals surface area contributed by atoms with Crippen molar-refractivity contribution in [3.63, 3.8) is 0 Å². The van der Waals surface area contributed by atoms with Gasteiger partial charge in [-0.3, -0.25) is 14.9 Å². The predicted octanol–water partition coefficient (Wildman–Crippen LogP) is 5.47. The van der Waals surface area contributed by atoms with E-state index in [1.807, 2.05) is 26.0 Å². The van der Waals surface area contributed by atoms with Gasteiger partial charge in [-0.2, -0.15) is 0 Å². The number of rotatable bonds is 7. The number of azo groups is 1. The van der Waals surface area contributed by atoms with Crippen LogP contribution in [-0.2, 0) is 4.79 Å². The highest BCUT2D eigenvalue weighted by Crippen LogP contribution is 2.34. The molecule has 0 radical (unpaired) electrons. The maximum Gasteiger partial charge on any atom is 0.271 e. The van der Waals surface area contributed by atoms with Gasteiger partial charge in [-0.05, 0) is 38.1 Å². The molecule has 2 rings (SSSR count). The highest BCUT2D eigenvalue weighted by molar-refractivity contribution is 6.33. The van der Waals surface area contributed by atoms with Gasteiger partial charge in [-0.1, -0.05) is 11.6 Å². The minimum absolute atomic E-state index is 0.119. The summed E-state index contributed by atoms with van der Waals surface area (Å²) in [7, 11) is 0. The summed E-state index contributed by atoms with van der Waals surface area (Å²) in [6, 6.07) is 9.42. The van der Waals surface area contributed by atoms with Crippen LogP contribution in [0.3, 0.4) is 0 Å². The number of hydrogen-bond donors (Lipinski definition) is 1. The van der Waals surface area contributed by atoms with Crippen molar-refractivity contribution in [2.75, 3.05) is 23.3 Å².